The first-order valence-corrected chi connectivity index (χ1v) is 5.97. The Morgan fingerprint density at radius 3 is 2.78 bits per heavy atom. The first-order valence-electron chi connectivity index (χ1n) is 5.97. The molecule has 0 aliphatic heterocycles. The van der Waals surface area contributed by atoms with Crippen LogP contribution in [0, 0.1) is 25.2 Å². The first-order chi connectivity index (χ1) is 8.61. The molecule has 0 radical (unpaired) electrons. The van der Waals surface area contributed by atoms with Gasteiger partial charge in [-0.25, -0.2) is 0 Å². The van der Waals surface area contributed by atoms with E-state index in [1.54, 1.807) is 0 Å². The van der Waals surface area contributed by atoms with Gasteiger partial charge in [0, 0.05) is 25.5 Å². The first kappa shape index (κ1) is 12.3. The lowest BCUT2D eigenvalue weighted by Crippen LogP contribution is -2.01. The third kappa shape index (κ3) is 2.38. The molecular formula is C15H17N3. The molecule has 0 saturated carbocycles. The van der Waals surface area contributed by atoms with Crippen LogP contribution in [-0.2, 0) is 13.6 Å². The van der Waals surface area contributed by atoms with Crippen molar-refractivity contribution in [1.29, 1.82) is 5.26 Å². The number of anilines is 1. The Balaban J connectivity index is 2.12. The third-order valence-electron chi connectivity index (χ3n) is 3.26. The zero-order valence-corrected chi connectivity index (χ0v) is 11.0. The Labute approximate surface area is 108 Å². The van der Waals surface area contributed by atoms with Crippen LogP contribution in [0.25, 0.3) is 0 Å². The van der Waals surface area contributed by atoms with Gasteiger partial charge in [0.25, 0.3) is 0 Å². The van der Waals surface area contributed by atoms with E-state index in [0.29, 0.717) is 5.69 Å². The highest BCUT2D eigenvalue weighted by molar-refractivity contribution is 5.54. The maximum Gasteiger partial charge on any atom is 0.120 e. The molecule has 3 nitrogen and oxygen atoms in total. The summed E-state index contributed by atoms with van der Waals surface area (Å²) in [5.41, 5.74) is 5.51. The Bertz CT molecular complexity index is 603. The molecule has 92 valence electrons. The fourth-order valence-electron chi connectivity index (χ4n) is 1.98. The van der Waals surface area contributed by atoms with Crippen LogP contribution in [0.3, 0.4) is 0 Å². The van der Waals surface area contributed by atoms with E-state index in [2.05, 4.69) is 43.4 Å². The van der Waals surface area contributed by atoms with E-state index in [0.717, 1.165) is 17.8 Å². The smallest absolute Gasteiger partial charge is 0.120 e. The summed E-state index contributed by atoms with van der Waals surface area (Å²) >= 11 is 0. The van der Waals surface area contributed by atoms with Gasteiger partial charge in [0.15, 0.2) is 0 Å². The Kier molecular flexibility index (Phi) is 3.38. The molecule has 0 spiro atoms. The highest BCUT2D eigenvalue weighted by Crippen LogP contribution is 2.19. The molecule has 2 aromatic rings. The minimum Gasteiger partial charge on any atom is -0.381 e. The van der Waals surface area contributed by atoms with Gasteiger partial charge in [-0.15, -0.1) is 0 Å². The summed E-state index contributed by atoms with van der Waals surface area (Å²) in [6.45, 7) is 4.96. The van der Waals surface area contributed by atoms with E-state index in [1.165, 1.54) is 11.1 Å². The summed E-state index contributed by atoms with van der Waals surface area (Å²) in [6.07, 6.45) is 1.98. The molecule has 0 unspecified atom stereocenters. The zero-order chi connectivity index (χ0) is 13.1. The summed E-state index contributed by atoms with van der Waals surface area (Å²) < 4.78 is 1.85. The minimum absolute atomic E-state index is 0.688. The van der Waals surface area contributed by atoms with E-state index in [1.807, 2.05) is 23.9 Å². The van der Waals surface area contributed by atoms with Gasteiger partial charge in [0.1, 0.15) is 11.8 Å². The van der Waals surface area contributed by atoms with E-state index in [-0.39, 0.29) is 0 Å². The maximum absolute atomic E-state index is 8.91. The number of nitrogens with zero attached hydrogens (tertiary/aromatic N) is 2. The van der Waals surface area contributed by atoms with Crippen molar-refractivity contribution in [1.82, 2.24) is 4.57 Å². The number of aryl methyl sites for hydroxylation is 2. The summed E-state index contributed by atoms with van der Waals surface area (Å²) in [4.78, 5) is 0. The van der Waals surface area contributed by atoms with Crippen LogP contribution in [0.5, 0.6) is 0 Å². The fraction of sp³-hybridized carbons (Fsp3) is 0.267. The van der Waals surface area contributed by atoms with Crippen LogP contribution in [0.4, 0.5) is 5.69 Å². The summed E-state index contributed by atoms with van der Waals surface area (Å²) in [5, 5.41) is 12.3. The van der Waals surface area contributed by atoms with Crippen molar-refractivity contribution in [3.63, 3.8) is 0 Å². The molecule has 18 heavy (non-hydrogen) atoms. The van der Waals surface area contributed by atoms with Crippen LogP contribution in [0.2, 0.25) is 0 Å². The average molecular weight is 239 g/mol. The number of aromatic nitrogens is 1. The molecule has 0 amide bonds. The molecule has 0 bridgehead atoms. The van der Waals surface area contributed by atoms with E-state index < -0.39 is 0 Å². The fourth-order valence-corrected chi connectivity index (χ4v) is 1.98. The summed E-state index contributed by atoms with van der Waals surface area (Å²) in [6, 6.07) is 10.3. The third-order valence-corrected chi connectivity index (χ3v) is 3.26. The number of nitrogens with one attached hydrogen (secondary N) is 1. The second kappa shape index (κ2) is 4.97. The molecule has 0 aliphatic carbocycles. The van der Waals surface area contributed by atoms with Gasteiger partial charge in [0.2, 0.25) is 0 Å². The number of hydrogen-bond donors (Lipinski definition) is 1. The highest BCUT2D eigenvalue weighted by atomic mass is 14.9. The number of hydrogen-bond acceptors (Lipinski definition) is 2. The normalized spacial score (nSPS) is 10.1. The van der Waals surface area contributed by atoms with Gasteiger partial charge >= 0.3 is 0 Å². The van der Waals surface area contributed by atoms with Crippen molar-refractivity contribution < 1.29 is 0 Å². The van der Waals surface area contributed by atoms with Crippen LogP contribution < -0.4 is 5.32 Å². The predicted molar refractivity (Wildman–Crippen MR) is 73.4 cm³/mol. The molecule has 0 fully saturated rings. The SMILES string of the molecule is Cc1cccc(NCc2cc(C#N)n(C)c2)c1C. The lowest BCUT2D eigenvalue weighted by molar-refractivity contribution is 0.902. The lowest BCUT2D eigenvalue weighted by Gasteiger charge is -2.10. The molecule has 1 aromatic carbocycles. The molecule has 0 atom stereocenters. The van der Waals surface area contributed by atoms with Crippen molar-refractivity contribution in [3.05, 3.63) is 52.8 Å². The summed E-state index contributed by atoms with van der Waals surface area (Å²) in [7, 11) is 1.89. The molecule has 0 aliphatic rings. The predicted octanol–water partition coefficient (Wildman–Crippen LogP) is 3.13. The van der Waals surface area contributed by atoms with Gasteiger partial charge in [-0.3, -0.25) is 0 Å². The van der Waals surface area contributed by atoms with Crippen molar-refractivity contribution in [2.45, 2.75) is 20.4 Å². The van der Waals surface area contributed by atoms with Crippen LogP contribution in [-0.4, -0.2) is 4.57 Å². The standard InChI is InChI=1S/C15H17N3/c1-11-5-4-6-15(12(11)2)17-9-13-7-14(8-16)18(3)10-13/h4-7,10,17H,9H2,1-3H3. The minimum atomic E-state index is 0.688. The van der Waals surface area contributed by atoms with Crippen LogP contribution in [0.1, 0.15) is 22.4 Å². The maximum atomic E-state index is 8.91. The Morgan fingerprint density at radius 2 is 2.11 bits per heavy atom. The molecular weight excluding hydrogens is 222 g/mol. The molecule has 1 N–H and O–H groups in total. The summed E-state index contributed by atoms with van der Waals surface area (Å²) in [5.74, 6) is 0. The molecule has 1 aromatic heterocycles. The number of nitriles is 1. The number of rotatable bonds is 3. The largest absolute Gasteiger partial charge is 0.381 e. The molecule has 0 saturated heterocycles. The van der Waals surface area contributed by atoms with Crippen LogP contribution in [0.15, 0.2) is 30.5 Å². The quantitative estimate of drug-likeness (QED) is 0.894. The van der Waals surface area contributed by atoms with Gasteiger partial charge in [-0.2, -0.15) is 5.26 Å². The van der Waals surface area contributed by atoms with Crippen molar-refractivity contribution >= 4 is 5.69 Å². The van der Waals surface area contributed by atoms with Crippen molar-refractivity contribution in [3.8, 4) is 6.07 Å². The second-order valence-corrected chi connectivity index (χ2v) is 4.56. The van der Waals surface area contributed by atoms with Crippen LogP contribution >= 0.6 is 0 Å². The van der Waals surface area contributed by atoms with Crippen molar-refractivity contribution in [2.75, 3.05) is 5.32 Å². The van der Waals surface area contributed by atoms with E-state index >= 15 is 0 Å². The lowest BCUT2D eigenvalue weighted by atomic mass is 10.1. The Hall–Kier alpha value is -2.21. The van der Waals surface area contributed by atoms with Gasteiger partial charge in [-0.05, 0) is 42.7 Å². The molecule has 1 heterocycles. The topological polar surface area (TPSA) is 40.8 Å². The van der Waals surface area contributed by atoms with Gasteiger partial charge < -0.3 is 9.88 Å². The highest BCUT2D eigenvalue weighted by Gasteiger charge is 2.04. The van der Waals surface area contributed by atoms with Gasteiger partial charge in [-0.1, -0.05) is 12.1 Å². The van der Waals surface area contributed by atoms with E-state index in [9.17, 15) is 0 Å². The molecule has 3 heteroatoms. The zero-order valence-electron chi connectivity index (χ0n) is 11.0. The van der Waals surface area contributed by atoms with E-state index in [4.69, 9.17) is 5.26 Å². The number of benzene rings is 1. The van der Waals surface area contributed by atoms with Gasteiger partial charge in [0.05, 0.1) is 0 Å². The average Bonchev–Trinajstić information content (AvgIpc) is 2.72. The molecule has 2 rings (SSSR count). The Morgan fingerprint density at radius 1 is 1.33 bits per heavy atom. The van der Waals surface area contributed by atoms with Crippen molar-refractivity contribution in [2.24, 2.45) is 7.05 Å². The monoisotopic (exact) mass is 239 g/mol. The second-order valence-electron chi connectivity index (χ2n) is 4.56.